The lowest BCUT2D eigenvalue weighted by Crippen LogP contribution is -2.06. The van der Waals surface area contributed by atoms with Gasteiger partial charge in [-0.15, -0.1) is 0 Å². The fraction of sp³-hybridized carbons (Fsp3) is 0.182. The Kier molecular flexibility index (Phi) is 4.26. The molecule has 0 aliphatic heterocycles. The molecule has 0 aliphatic rings. The molecule has 2 heterocycles. The number of anilines is 1. The van der Waals surface area contributed by atoms with Crippen LogP contribution in [0.3, 0.4) is 0 Å². The minimum absolute atomic E-state index is 0.0609. The highest BCUT2D eigenvalue weighted by atomic mass is 35.5. The van der Waals surface area contributed by atoms with Crippen LogP contribution < -0.4 is 10.1 Å². The minimum atomic E-state index is -0.628. The van der Waals surface area contributed by atoms with Crippen molar-refractivity contribution in [2.24, 2.45) is 0 Å². The van der Waals surface area contributed by atoms with E-state index in [0.29, 0.717) is 12.4 Å². The predicted molar refractivity (Wildman–Crippen MR) is 71.8 cm³/mol. The maximum Gasteiger partial charge on any atom is 0.348 e. The van der Waals surface area contributed by atoms with Crippen molar-refractivity contribution in [3.63, 3.8) is 0 Å². The molecule has 2 rings (SSSR count). The molecule has 2 aromatic heterocycles. The van der Waals surface area contributed by atoms with Gasteiger partial charge in [-0.05, 0) is 5.56 Å². The van der Waals surface area contributed by atoms with Crippen LogP contribution in [0.15, 0.2) is 24.7 Å². The molecule has 2 aromatic rings. The van der Waals surface area contributed by atoms with E-state index in [-0.39, 0.29) is 16.7 Å². The van der Waals surface area contributed by atoms with Crippen LogP contribution in [0.2, 0.25) is 5.15 Å². The minimum Gasteiger partial charge on any atom is -0.481 e. The van der Waals surface area contributed by atoms with E-state index < -0.39 is 4.92 Å². The number of aromatic nitrogens is 3. The van der Waals surface area contributed by atoms with Crippen molar-refractivity contribution >= 4 is 23.1 Å². The lowest BCUT2D eigenvalue weighted by atomic mass is 10.3. The molecule has 0 saturated heterocycles. The molecule has 0 aliphatic carbocycles. The van der Waals surface area contributed by atoms with Crippen LogP contribution in [0.1, 0.15) is 5.56 Å². The number of nitro groups is 1. The van der Waals surface area contributed by atoms with Crippen molar-refractivity contribution in [2.45, 2.75) is 6.54 Å². The summed E-state index contributed by atoms with van der Waals surface area (Å²) in [7, 11) is 1.52. The molecule has 20 heavy (non-hydrogen) atoms. The van der Waals surface area contributed by atoms with E-state index in [9.17, 15) is 10.1 Å². The smallest absolute Gasteiger partial charge is 0.348 e. The van der Waals surface area contributed by atoms with Crippen molar-refractivity contribution in [2.75, 3.05) is 12.4 Å². The van der Waals surface area contributed by atoms with E-state index in [1.807, 2.05) is 0 Å². The van der Waals surface area contributed by atoms with E-state index >= 15 is 0 Å². The number of pyridine rings is 1. The monoisotopic (exact) mass is 295 g/mol. The number of rotatable bonds is 5. The van der Waals surface area contributed by atoms with Gasteiger partial charge in [-0.1, -0.05) is 17.7 Å². The second-order valence-electron chi connectivity index (χ2n) is 3.68. The second-order valence-corrected chi connectivity index (χ2v) is 4.04. The third-order valence-electron chi connectivity index (χ3n) is 2.43. The summed E-state index contributed by atoms with van der Waals surface area (Å²) in [5.41, 5.74) is 0.463. The molecule has 0 unspecified atom stereocenters. The fourth-order valence-corrected chi connectivity index (χ4v) is 1.67. The van der Waals surface area contributed by atoms with Crippen LogP contribution in [0.25, 0.3) is 0 Å². The number of hydrogen-bond donors (Lipinski definition) is 1. The van der Waals surface area contributed by atoms with Crippen LogP contribution in [-0.2, 0) is 6.54 Å². The molecule has 0 aromatic carbocycles. The van der Waals surface area contributed by atoms with Crippen molar-refractivity contribution in [1.82, 2.24) is 15.0 Å². The Balaban J connectivity index is 2.14. The first-order chi connectivity index (χ1) is 9.61. The topological polar surface area (TPSA) is 103 Å². The number of ether oxygens (including phenoxy) is 1. The van der Waals surface area contributed by atoms with Gasteiger partial charge in [-0.3, -0.25) is 10.1 Å². The quantitative estimate of drug-likeness (QED) is 0.511. The molecule has 0 fully saturated rings. The van der Waals surface area contributed by atoms with Gasteiger partial charge in [0.05, 0.1) is 12.0 Å². The number of nitrogens with one attached hydrogen (secondary N) is 1. The Morgan fingerprint density at radius 1 is 1.40 bits per heavy atom. The predicted octanol–water partition coefficient (Wildman–Crippen LogP) is 2.05. The van der Waals surface area contributed by atoms with Crippen molar-refractivity contribution < 1.29 is 9.66 Å². The first kappa shape index (κ1) is 13.9. The van der Waals surface area contributed by atoms with Gasteiger partial charge in [0.25, 0.3) is 0 Å². The van der Waals surface area contributed by atoms with Crippen LogP contribution >= 0.6 is 11.6 Å². The standard InChI is InChI=1S/C11H10ClN5O3/c1-20-8-3-2-7(4-13-8)5-14-11-9(17(18)19)10(12)15-6-16-11/h2-4,6H,5H2,1H3,(H,14,15,16). The number of nitrogens with zero attached hydrogens (tertiary/aromatic N) is 4. The highest BCUT2D eigenvalue weighted by Gasteiger charge is 2.21. The van der Waals surface area contributed by atoms with Gasteiger partial charge in [0.15, 0.2) is 0 Å². The molecule has 8 nitrogen and oxygen atoms in total. The fourth-order valence-electron chi connectivity index (χ4n) is 1.47. The molecular weight excluding hydrogens is 286 g/mol. The third-order valence-corrected chi connectivity index (χ3v) is 2.70. The Morgan fingerprint density at radius 2 is 2.20 bits per heavy atom. The third kappa shape index (κ3) is 3.09. The highest BCUT2D eigenvalue weighted by molar-refractivity contribution is 6.31. The summed E-state index contributed by atoms with van der Waals surface area (Å²) >= 11 is 5.68. The van der Waals surface area contributed by atoms with Gasteiger partial charge < -0.3 is 10.1 Å². The molecule has 0 saturated carbocycles. The summed E-state index contributed by atoms with van der Waals surface area (Å²) in [4.78, 5) is 21.7. The van der Waals surface area contributed by atoms with Gasteiger partial charge in [0, 0.05) is 18.8 Å². The normalized spacial score (nSPS) is 10.1. The summed E-state index contributed by atoms with van der Waals surface area (Å²) < 4.78 is 4.94. The lowest BCUT2D eigenvalue weighted by Gasteiger charge is -2.06. The molecule has 1 N–H and O–H groups in total. The van der Waals surface area contributed by atoms with Crippen molar-refractivity contribution in [3.05, 3.63) is 45.5 Å². The van der Waals surface area contributed by atoms with E-state index in [0.717, 1.165) is 11.9 Å². The zero-order valence-corrected chi connectivity index (χ0v) is 11.2. The van der Waals surface area contributed by atoms with E-state index in [4.69, 9.17) is 16.3 Å². The average Bonchev–Trinajstić information content (AvgIpc) is 2.45. The Bertz CT molecular complexity index is 620. The first-order valence-corrected chi connectivity index (χ1v) is 5.87. The van der Waals surface area contributed by atoms with Gasteiger partial charge in [0.2, 0.25) is 16.9 Å². The molecule has 0 spiro atoms. The first-order valence-electron chi connectivity index (χ1n) is 5.49. The molecule has 0 radical (unpaired) electrons. The van der Waals surface area contributed by atoms with Crippen LogP contribution in [0.5, 0.6) is 5.88 Å². The van der Waals surface area contributed by atoms with Gasteiger partial charge in [-0.2, -0.15) is 0 Å². The van der Waals surface area contributed by atoms with Crippen LogP contribution in [-0.4, -0.2) is 27.0 Å². The highest BCUT2D eigenvalue weighted by Crippen LogP contribution is 2.28. The molecule has 0 amide bonds. The summed E-state index contributed by atoms with van der Waals surface area (Å²) in [6, 6.07) is 3.48. The van der Waals surface area contributed by atoms with E-state index in [2.05, 4.69) is 20.3 Å². The lowest BCUT2D eigenvalue weighted by molar-refractivity contribution is -0.384. The maximum absolute atomic E-state index is 10.9. The van der Waals surface area contributed by atoms with Crippen LogP contribution in [0.4, 0.5) is 11.5 Å². The summed E-state index contributed by atoms with van der Waals surface area (Å²) in [5, 5.41) is 13.5. The van der Waals surface area contributed by atoms with Gasteiger partial charge in [-0.25, -0.2) is 15.0 Å². The Hall–Kier alpha value is -2.48. The van der Waals surface area contributed by atoms with Crippen LogP contribution in [0, 0.1) is 10.1 Å². The van der Waals surface area contributed by atoms with Crippen molar-refractivity contribution in [1.29, 1.82) is 0 Å². The Morgan fingerprint density at radius 3 is 2.80 bits per heavy atom. The molecule has 0 atom stereocenters. The Labute approximate surface area is 118 Å². The average molecular weight is 296 g/mol. The number of hydrogen-bond acceptors (Lipinski definition) is 7. The zero-order valence-electron chi connectivity index (χ0n) is 10.4. The summed E-state index contributed by atoms with van der Waals surface area (Å²) in [6.45, 7) is 0.311. The zero-order chi connectivity index (χ0) is 14.5. The SMILES string of the molecule is COc1ccc(CNc2ncnc(Cl)c2[N+](=O)[O-])cn1. The number of methoxy groups -OCH3 is 1. The molecule has 9 heteroatoms. The van der Waals surface area contributed by atoms with E-state index in [1.54, 1.807) is 18.3 Å². The maximum atomic E-state index is 10.9. The van der Waals surface area contributed by atoms with E-state index in [1.165, 1.54) is 7.11 Å². The summed E-state index contributed by atoms with van der Waals surface area (Å²) in [5.74, 6) is 0.552. The van der Waals surface area contributed by atoms with Gasteiger partial charge in [0.1, 0.15) is 6.33 Å². The second kappa shape index (κ2) is 6.11. The van der Waals surface area contributed by atoms with Crippen molar-refractivity contribution in [3.8, 4) is 5.88 Å². The molecule has 0 bridgehead atoms. The number of halogens is 1. The van der Waals surface area contributed by atoms with Gasteiger partial charge >= 0.3 is 5.69 Å². The molecule has 104 valence electrons. The molecular formula is C11H10ClN5O3. The summed E-state index contributed by atoms with van der Waals surface area (Å²) in [6.07, 6.45) is 2.75. The largest absolute Gasteiger partial charge is 0.481 e.